The minimum Gasteiger partial charge on any atom is -0.493 e. The summed E-state index contributed by atoms with van der Waals surface area (Å²) in [6.45, 7) is 1.51. The predicted octanol–water partition coefficient (Wildman–Crippen LogP) is 2.45. The fraction of sp³-hybridized carbons (Fsp3) is 0.300. The molecule has 2 aromatic carbocycles. The summed E-state index contributed by atoms with van der Waals surface area (Å²) in [7, 11) is 4.89. The van der Waals surface area contributed by atoms with Crippen LogP contribution in [-0.2, 0) is 6.54 Å². The van der Waals surface area contributed by atoms with Crippen LogP contribution in [0.4, 0.5) is 0 Å². The minimum atomic E-state index is -0.208. The topological polar surface area (TPSA) is 84.0 Å². The molecule has 0 heterocycles. The van der Waals surface area contributed by atoms with Crippen molar-refractivity contribution in [1.29, 1.82) is 0 Å². The van der Waals surface area contributed by atoms with Gasteiger partial charge in [0.15, 0.2) is 17.5 Å². The number of amides is 1. The first kappa shape index (κ1) is 21.4. The number of methoxy groups -OCH3 is 2. The second-order valence-electron chi connectivity index (χ2n) is 5.78. The van der Waals surface area contributed by atoms with Crippen LogP contribution in [0.15, 0.2) is 47.5 Å². The van der Waals surface area contributed by atoms with Gasteiger partial charge in [0, 0.05) is 26.7 Å². The molecule has 150 valence electrons. The number of rotatable bonds is 8. The summed E-state index contributed by atoms with van der Waals surface area (Å²) < 4.78 is 10.5. The summed E-state index contributed by atoms with van der Waals surface area (Å²) in [5, 5.41) is 9.61. The highest BCUT2D eigenvalue weighted by Crippen LogP contribution is 2.27. The van der Waals surface area contributed by atoms with Gasteiger partial charge in [-0.3, -0.25) is 9.79 Å². The molecule has 0 aliphatic heterocycles. The normalized spacial score (nSPS) is 10.9. The van der Waals surface area contributed by atoms with E-state index in [1.165, 1.54) is 0 Å². The van der Waals surface area contributed by atoms with Gasteiger partial charge in [0.1, 0.15) is 0 Å². The summed E-state index contributed by atoms with van der Waals surface area (Å²) >= 11 is 6.02. The molecular formula is C20H25ClN4O3. The molecule has 0 saturated carbocycles. The Morgan fingerprint density at radius 2 is 1.71 bits per heavy atom. The Morgan fingerprint density at radius 3 is 2.39 bits per heavy atom. The molecule has 0 unspecified atom stereocenters. The average Bonchev–Trinajstić information content (AvgIpc) is 2.73. The molecule has 0 saturated heterocycles. The Kier molecular flexibility index (Phi) is 8.42. The first-order chi connectivity index (χ1) is 13.6. The Balaban J connectivity index is 1.77. The molecule has 3 N–H and O–H groups in total. The standard InChI is InChI=1S/C20H25ClN4O3/c1-22-20(25-13-14-8-9-17(27-2)18(12-14)28-3)24-11-10-23-19(26)15-6-4-5-7-16(15)21/h4-9,12H,10-11,13H2,1-3H3,(H,23,26)(H2,22,24,25). The molecular weight excluding hydrogens is 380 g/mol. The van der Waals surface area contributed by atoms with Gasteiger partial charge < -0.3 is 25.4 Å². The first-order valence-electron chi connectivity index (χ1n) is 8.77. The summed E-state index contributed by atoms with van der Waals surface area (Å²) in [6.07, 6.45) is 0. The Morgan fingerprint density at radius 1 is 1.00 bits per heavy atom. The lowest BCUT2D eigenvalue weighted by atomic mass is 10.2. The molecule has 0 atom stereocenters. The maximum Gasteiger partial charge on any atom is 0.252 e. The van der Waals surface area contributed by atoms with E-state index in [4.69, 9.17) is 21.1 Å². The van der Waals surface area contributed by atoms with Crippen LogP contribution in [0.1, 0.15) is 15.9 Å². The highest BCUT2D eigenvalue weighted by atomic mass is 35.5. The average molecular weight is 405 g/mol. The van der Waals surface area contributed by atoms with Crippen molar-refractivity contribution in [3.63, 3.8) is 0 Å². The van der Waals surface area contributed by atoms with Crippen molar-refractivity contribution in [3.8, 4) is 11.5 Å². The lowest BCUT2D eigenvalue weighted by molar-refractivity contribution is 0.0954. The second kappa shape index (κ2) is 11.0. The zero-order valence-corrected chi connectivity index (χ0v) is 17.0. The maximum atomic E-state index is 12.1. The van der Waals surface area contributed by atoms with Crippen molar-refractivity contribution in [2.24, 2.45) is 4.99 Å². The van der Waals surface area contributed by atoms with Crippen molar-refractivity contribution in [2.45, 2.75) is 6.54 Å². The minimum absolute atomic E-state index is 0.208. The number of guanidine groups is 1. The number of hydrogen-bond acceptors (Lipinski definition) is 4. The molecule has 0 aliphatic carbocycles. The highest BCUT2D eigenvalue weighted by Gasteiger charge is 2.09. The van der Waals surface area contributed by atoms with Gasteiger partial charge in [-0.25, -0.2) is 0 Å². The van der Waals surface area contributed by atoms with Crippen molar-refractivity contribution in [1.82, 2.24) is 16.0 Å². The molecule has 2 rings (SSSR count). The third-order valence-electron chi connectivity index (χ3n) is 3.95. The number of ether oxygens (including phenoxy) is 2. The summed E-state index contributed by atoms with van der Waals surface area (Å²) in [6, 6.07) is 12.7. The van der Waals surface area contributed by atoms with Crippen molar-refractivity contribution >= 4 is 23.5 Å². The lowest BCUT2D eigenvalue weighted by Gasteiger charge is -2.14. The fourth-order valence-corrected chi connectivity index (χ4v) is 2.72. The quantitative estimate of drug-likeness (QED) is 0.357. The van der Waals surface area contributed by atoms with E-state index in [-0.39, 0.29) is 5.91 Å². The lowest BCUT2D eigenvalue weighted by Crippen LogP contribution is -2.41. The highest BCUT2D eigenvalue weighted by molar-refractivity contribution is 6.33. The van der Waals surface area contributed by atoms with Gasteiger partial charge in [-0.2, -0.15) is 0 Å². The number of aliphatic imine (C=N–C) groups is 1. The number of hydrogen-bond donors (Lipinski definition) is 3. The third-order valence-corrected chi connectivity index (χ3v) is 4.28. The monoisotopic (exact) mass is 404 g/mol. The molecule has 0 bridgehead atoms. The number of nitrogens with zero attached hydrogens (tertiary/aromatic N) is 1. The van der Waals surface area contributed by atoms with E-state index >= 15 is 0 Å². The van der Waals surface area contributed by atoms with E-state index in [2.05, 4.69) is 20.9 Å². The Labute approximate surface area is 170 Å². The molecule has 0 radical (unpaired) electrons. The van der Waals surface area contributed by atoms with E-state index in [1.54, 1.807) is 45.5 Å². The zero-order chi connectivity index (χ0) is 20.4. The van der Waals surface area contributed by atoms with Crippen LogP contribution in [0, 0.1) is 0 Å². The van der Waals surface area contributed by atoms with Gasteiger partial charge in [0.25, 0.3) is 5.91 Å². The first-order valence-corrected chi connectivity index (χ1v) is 9.15. The summed E-state index contributed by atoms with van der Waals surface area (Å²) in [4.78, 5) is 16.3. The van der Waals surface area contributed by atoms with Gasteiger partial charge in [0.2, 0.25) is 0 Å². The fourth-order valence-electron chi connectivity index (χ4n) is 2.49. The predicted molar refractivity (Wildman–Crippen MR) is 112 cm³/mol. The van der Waals surface area contributed by atoms with Crippen LogP contribution < -0.4 is 25.4 Å². The number of carbonyl (C=O) groups is 1. The van der Waals surface area contributed by atoms with Crippen LogP contribution in [0.2, 0.25) is 5.02 Å². The van der Waals surface area contributed by atoms with Crippen molar-refractivity contribution in [3.05, 3.63) is 58.6 Å². The summed E-state index contributed by atoms with van der Waals surface area (Å²) in [5.74, 6) is 1.78. The number of nitrogens with one attached hydrogen (secondary N) is 3. The van der Waals surface area contributed by atoms with Gasteiger partial charge in [-0.1, -0.05) is 29.8 Å². The van der Waals surface area contributed by atoms with Crippen molar-refractivity contribution in [2.75, 3.05) is 34.4 Å². The number of benzene rings is 2. The third kappa shape index (κ3) is 6.06. The number of halogens is 1. The van der Waals surface area contributed by atoms with E-state index in [0.29, 0.717) is 47.7 Å². The SMILES string of the molecule is CN=C(NCCNC(=O)c1ccccc1Cl)NCc1ccc(OC)c(OC)c1. The molecule has 7 nitrogen and oxygen atoms in total. The molecule has 0 aliphatic rings. The van der Waals surface area contributed by atoms with Crippen LogP contribution in [0.3, 0.4) is 0 Å². The van der Waals surface area contributed by atoms with E-state index < -0.39 is 0 Å². The van der Waals surface area contributed by atoms with E-state index in [9.17, 15) is 4.79 Å². The molecule has 0 fully saturated rings. The zero-order valence-electron chi connectivity index (χ0n) is 16.2. The van der Waals surface area contributed by atoms with Crippen molar-refractivity contribution < 1.29 is 14.3 Å². The van der Waals surface area contributed by atoms with Crippen LogP contribution in [0.5, 0.6) is 11.5 Å². The molecule has 28 heavy (non-hydrogen) atoms. The Hall–Kier alpha value is -2.93. The molecule has 8 heteroatoms. The summed E-state index contributed by atoms with van der Waals surface area (Å²) in [5.41, 5.74) is 1.48. The van der Waals surface area contributed by atoms with Gasteiger partial charge in [0.05, 0.1) is 24.8 Å². The van der Waals surface area contributed by atoms with Gasteiger partial charge in [-0.15, -0.1) is 0 Å². The maximum absolute atomic E-state index is 12.1. The largest absolute Gasteiger partial charge is 0.493 e. The Bertz CT molecular complexity index is 827. The molecule has 0 spiro atoms. The molecule has 2 aromatic rings. The van der Waals surface area contributed by atoms with Crippen LogP contribution in [0.25, 0.3) is 0 Å². The number of carbonyl (C=O) groups excluding carboxylic acids is 1. The molecule has 0 aromatic heterocycles. The van der Waals surface area contributed by atoms with Gasteiger partial charge in [-0.05, 0) is 29.8 Å². The smallest absolute Gasteiger partial charge is 0.252 e. The van der Waals surface area contributed by atoms with E-state index in [0.717, 1.165) is 5.56 Å². The second-order valence-corrected chi connectivity index (χ2v) is 6.18. The van der Waals surface area contributed by atoms with Crippen LogP contribution in [-0.4, -0.2) is 46.2 Å². The van der Waals surface area contributed by atoms with Gasteiger partial charge >= 0.3 is 0 Å². The van der Waals surface area contributed by atoms with Crippen LogP contribution >= 0.6 is 11.6 Å². The van der Waals surface area contributed by atoms with E-state index in [1.807, 2.05) is 18.2 Å². The molecule has 1 amide bonds.